The molecule has 4 heteroatoms. The lowest BCUT2D eigenvalue weighted by Crippen LogP contribution is -2.07. The van der Waals surface area contributed by atoms with Gasteiger partial charge in [-0.05, 0) is 42.3 Å². The van der Waals surface area contributed by atoms with Gasteiger partial charge in [0.1, 0.15) is 5.65 Å². The van der Waals surface area contributed by atoms with E-state index >= 15 is 0 Å². The highest BCUT2D eigenvalue weighted by molar-refractivity contribution is 6.02. The fourth-order valence-corrected chi connectivity index (χ4v) is 2.97. The second-order valence-electron chi connectivity index (χ2n) is 6.36. The lowest BCUT2D eigenvalue weighted by atomic mass is 10.1. The van der Waals surface area contributed by atoms with Crippen molar-refractivity contribution in [3.8, 4) is 11.3 Å². The molecular weight excluding hydrogens is 334 g/mol. The summed E-state index contributed by atoms with van der Waals surface area (Å²) in [6, 6.07) is 21.5. The summed E-state index contributed by atoms with van der Waals surface area (Å²) >= 11 is 0. The molecule has 0 aliphatic carbocycles. The van der Waals surface area contributed by atoms with Gasteiger partial charge in [0.25, 0.3) is 0 Å². The van der Waals surface area contributed by atoms with Gasteiger partial charge in [-0.2, -0.15) is 0 Å². The van der Waals surface area contributed by atoms with E-state index in [9.17, 15) is 4.79 Å². The predicted molar refractivity (Wildman–Crippen MR) is 109 cm³/mol. The van der Waals surface area contributed by atoms with Crippen LogP contribution in [-0.4, -0.2) is 15.3 Å². The molecule has 27 heavy (non-hydrogen) atoms. The molecule has 2 heterocycles. The smallest absolute Gasteiger partial charge is 0.248 e. The third kappa shape index (κ3) is 3.80. The van der Waals surface area contributed by atoms with Gasteiger partial charge in [-0.1, -0.05) is 48.5 Å². The Balaban J connectivity index is 1.54. The maximum atomic E-state index is 12.2. The average molecular weight is 353 g/mol. The van der Waals surface area contributed by atoms with E-state index in [1.165, 1.54) is 6.08 Å². The van der Waals surface area contributed by atoms with Crippen molar-refractivity contribution in [3.63, 3.8) is 0 Å². The molecule has 0 fully saturated rings. The normalized spacial score (nSPS) is 11.1. The van der Waals surface area contributed by atoms with Crippen LogP contribution >= 0.6 is 0 Å². The van der Waals surface area contributed by atoms with E-state index in [1.807, 2.05) is 90.4 Å². The summed E-state index contributed by atoms with van der Waals surface area (Å²) in [6.07, 6.45) is 7.32. The number of imidazole rings is 1. The number of amides is 1. The number of fused-ring (bicyclic) bond motifs is 1. The Bertz CT molecular complexity index is 1130. The van der Waals surface area contributed by atoms with Gasteiger partial charge in [0.2, 0.25) is 5.91 Å². The number of hydrogen-bond acceptors (Lipinski definition) is 2. The Morgan fingerprint density at radius 2 is 1.89 bits per heavy atom. The molecule has 4 rings (SSSR count). The highest BCUT2D eigenvalue weighted by Gasteiger charge is 2.07. The van der Waals surface area contributed by atoms with Gasteiger partial charge in [0, 0.05) is 29.7 Å². The zero-order chi connectivity index (χ0) is 18.6. The van der Waals surface area contributed by atoms with Crippen LogP contribution < -0.4 is 5.32 Å². The van der Waals surface area contributed by atoms with Gasteiger partial charge in [-0.25, -0.2) is 4.98 Å². The van der Waals surface area contributed by atoms with Crippen LogP contribution in [-0.2, 0) is 4.79 Å². The lowest BCUT2D eigenvalue weighted by molar-refractivity contribution is -0.111. The molecule has 0 aliphatic heterocycles. The molecule has 0 bridgehead atoms. The fraction of sp³-hybridized carbons (Fsp3) is 0.0435. The average Bonchev–Trinajstić information content (AvgIpc) is 3.13. The maximum absolute atomic E-state index is 12.2. The van der Waals surface area contributed by atoms with Gasteiger partial charge in [0.05, 0.1) is 5.69 Å². The number of rotatable bonds is 4. The minimum absolute atomic E-state index is 0.165. The summed E-state index contributed by atoms with van der Waals surface area (Å²) in [6.45, 7) is 2.04. The second-order valence-corrected chi connectivity index (χ2v) is 6.36. The van der Waals surface area contributed by atoms with Crippen LogP contribution in [0.3, 0.4) is 0 Å². The third-order valence-electron chi connectivity index (χ3n) is 4.33. The Kier molecular flexibility index (Phi) is 4.54. The molecule has 2 aromatic heterocycles. The van der Waals surface area contributed by atoms with Crippen molar-refractivity contribution < 1.29 is 4.79 Å². The number of nitrogens with one attached hydrogen (secondary N) is 1. The first-order valence-electron chi connectivity index (χ1n) is 8.78. The number of aromatic nitrogens is 2. The summed E-state index contributed by atoms with van der Waals surface area (Å²) in [4.78, 5) is 16.9. The summed E-state index contributed by atoms with van der Waals surface area (Å²) in [5, 5.41) is 2.91. The molecule has 132 valence electrons. The number of hydrogen-bond donors (Lipinski definition) is 1. The molecule has 4 aromatic rings. The van der Waals surface area contributed by atoms with Crippen molar-refractivity contribution in [2.24, 2.45) is 0 Å². The van der Waals surface area contributed by atoms with Gasteiger partial charge in [0.15, 0.2) is 0 Å². The summed E-state index contributed by atoms with van der Waals surface area (Å²) in [5.74, 6) is -0.165. The van der Waals surface area contributed by atoms with Gasteiger partial charge >= 0.3 is 0 Å². The summed E-state index contributed by atoms with van der Waals surface area (Å²) in [5.41, 5.74) is 5.63. The summed E-state index contributed by atoms with van der Waals surface area (Å²) < 4.78 is 2.01. The highest BCUT2D eigenvalue weighted by atomic mass is 16.1. The molecular formula is C23H19N3O. The number of carbonyl (C=O) groups is 1. The van der Waals surface area contributed by atoms with Crippen LogP contribution in [0.5, 0.6) is 0 Å². The van der Waals surface area contributed by atoms with Crippen molar-refractivity contribution in [1.82, 2.24) is 9.38 Å². The van der Waals surface area contributed by atoms with E-state index in [2.05, 4.69) is 5.32 Å². The number of carbonyl (C=O) groups excluding carboxylic acids is 1. The zero-order valence-corrected chi connectivity index (χ0v) is 15.0. The van der Waals surface area contributed by atoms with Crippen molar-refractivity contribution >= 4 is 23.3 Å². The van der Waals surface area contributed by atoms with Crippen LogP contribution in [0.15, 0.2) is 85.2 Å². The minimum Gasteiger partial charge on any atom is -0.322 e. The second kappa shape index (κ2) is 7.30. The first-order valence-corrected chi connectivity index (χ1v) is 8.78. The van der Waals surface area contributed by atoms with E-state index in [0.29, 0.717) is 0 Å². The van der Waals surface area contributed by atoms with E-state index < -0.39 is 0 Å². The van der Waals surface area contributed by atoms with Crippen LogP contribution in [0.2, 0.25) is 0 Å². The first-order chi connectivity index (χ1) is 13.2. The van der Waals surface area contributed by atoms with E-state index in [-0.39, 0.29) is 5.91 Å². The number of anilines is 1. The van der Waals surface area contributed by atoms with Crippen molar-refractivity contribution in [2.75, 3.05) is 5.32 Å². The molecule has 0 atom stereocenters. The zero-order valence-electron chi connectivity index (χ0n) is 15.0. The first kappa shape index (κ1) is 16.8. The number of benzene rings is 2. The number of nitrogens with zero attached hydrogens (tertiary/aromatic N) is 2. The Labute approximate surface area is 157 Å². The van der Waals surface area contributed by atoms with Crippen molar-refractivity contribution in [3.05, 3.63) is 96.3 Å². The molecule has 0 spiro atoms. The Morgan fingerprint density at radius 3 is 2.70 bits per heavy atom. The topological polar surface area (TPSA) is 46.4 Å². The predicted octanol–water partition coefficient (Wildman–Crippen LogP) is 4.96. The molecule has 1 N–H and O–H groups in total. The summed E-state index contributed by atoms with van der Waals surface area (Å²) in [7, 11) is 0. The highest BCUT2D eigenvalue weighted by Crippen LogP contribution is 2.23. The number of pyridine rings is 1. The molecule has 0 saturated carbocycles. The molecule has 0 unspecified atom stereocenters. The molecule has 1 amide bonds. The quantitative estimate of drug-likeness (QED) is 0.527. The molecule has 2 aromatic carbocycles. The van der Waals surface area contributed by atoms with Gasteiger partial charge < -0.3 is 9.72 Å². The SMILES string of the molecule is Cc1cccn2cc(-c3cccc(NC(=O)/C=C/c4ccccc4)c3)nc12. The van der Waals surface area contributed by atoms with Gasteiger partial charge in [-0.15, -0.1) is 0 Å². The van der Waals surface area contributed by atoms with Crippen molar-refractivity contribution in [1.29, 1.82) is 0 Å². The van der Waals surface area contributed by atoms with Gasteiger partial charge in [-0.3, -0.25) is 4.79 Å². The lowest BCUT2D eigenvalue weighted by Gasteiger charge is -2.04. The van der Waals surface area contributed by atoms with Crippen LogP contribution in [0.4, 0.5) is 5.69 Å². The maximum Gasteiger partial charge on any atom is 0.248 e. The Morgan fingerprint density at radius 1 is 1.04 bits per heavy atom. The molecule has 0 radical (unpaired) electrons. The minimum atomic E-state index is -0.165. The molecule has 4 nitrogen and oxygen atoms in total. The molecule has 0 saturated heterocycles. The van der Waals surface area contributed by atoms with E-state index in [0.717, 1.165) is 33.7 Å². The monoisotopic (exact) mass is 353 g/mol. The fourth-order valence-electron chi connectivity index (χ4n) is 2.97. The third-order valence-corrected chi connectivity index (χ3v) is 4.33. The van der Waals surface area contributed by atoms with Crippen molar-refractivity contribution in [2.45, 2.75) is 6.92 Å². The Hall–Kier alpha value is -3.66. The van der Waals surface area contributed by atoms with Crippen LogP contribution in [0.25, 0.3) is 23.0 Å². The van der Waals surface area contributed by atoms with Crippen LogP contribution in [0, 0.1) is 6.92 Å². The standard InChI is InChI=1S/C23H19N3O/c1-17-7-6-14-26-16-21(25-23(17)26)19-10-5-11-20(15-19)24-22(27)13-12-18-8-3-2-4-9-18/h2-16H,1H3,(H,24,27)/b13-12+. The largest absolute Gasteiger partial charge is 0.322 e. The van der Waals surface area contributed by atoms with Crippen LogP contribution in [0.1, 0.15) is 11.1 Å². The number of aryl methyl sites for hydroxylation is 1. The van der Waals surface area contributed by atoms with E-state index in [1.54, 1.807) is 6.08 Å². The van der Waals surface area contributed by atoms with E-state index in [4.69, 9.17) is 4.98 Å². The molecule has 0 aliphatic rings.